The number of hydrogen-bond acceptors (Lipinski definition) is 1. The summed E-state index contributed by atoms with van der Waals surface area (Å²) in [5.74, 6) is 0. The minimum atomic E-state index is 0.206. The van der Waals surface area contributed by atoms with Gasteiger partial charge in [-0.2, -0.15) is 0 Å². The van der Waals surface area contributed by atoms with E-state index in [1.54, 1.807) is 0 Å². The van der Waals surface area contributed by atoms with Crippen LogP contribution in [0, 0.1) is 6.92 Å². The molecule has 1 atom stereocenters. The van der Waals surface area contributed by atoms with Gasteiger partial charge in [0.1, 0.15) is 0 Å². The zero-order valence-electron chi connectivity index (χ0n) is 25.4. The lowest BCUT2D eigenvalue weighted by Crippen LogP contribution is -2.14. The number of aromatic nitrogens is 1. The van der Waals surface area contributed by atoms with Gasteiger partial charge in [-0.05, 0) is 91.1 Å². The average molecular weight is 561 g/mol. The minimum Gasteiger partial charge on any atom is -0.334 e. The Morgan fingerprint density at radius 3 is 2.05 bits per heavy atom. The Balaban J connectivity index is 1.63. The molecule has 0 radical (unpaired) electrons. The van der Waals surface area contributed by atoms with E-state index in [1.165, 1.54) is 33.3 Å². The number of benzene rings is 4. The van der Waals surface area contributed by atoms with Crippen LogP contribution in [0.2, 0.25) is 0 Å². The van der Waals surface area contributed by atoms with Crippen LogP contribution in [-0.4, -0.2) is 4.57 Å². The Labute approximate surface area is 256 Å². The molecule has 0 bridgehead atoms. The van der Waals surface area contributed by atoms with Crippen molar-refractivity contribution in [1.82, 2.24) is 4.57 Å². The minimum absolute atomic E-state index is 0.206. The maximum absolute atomic E-state index is 4.53. The van der Waals surface area contributed by atoms with Crippen LogP contribution >= 0.6 is 0 Å². The van der Waals surface area contributed by atoms with Gasteiger partial charge >= 0.3 is 0 Å². The zero-order chi connectivity index (χ0) is 30.2. The van der Waals surface area contributed by atoms with E-state index < -0.39 is 0 Å². The molecule has 0 N–H and O–H groups in total. The molecule has 0 aliphatic rings. The van der Waals surface area contributed by atoms with Gasteiger partial charge in [0.05, 0.1) is 6.04 Å². The van der Waals surface area contributed by atoms with E-state index in [0.717, 1.165) is 29.1 Å². The molecule has 0 aliphatic carbocycles. The van der Waals surface area contributed by atoms with Crippen LogP contribution in [0.25, 0.3) is 34.2 Å². The maximum Gasteiger partial charge on any atom is 0.0523 e. The van der Waals surface area contributed by atoms with E-state index in [-0.39, 0.29) is 6.04 Å². The summed E-state index contributed by atoms with van der Waals surface area (Å²) in [6.45, 7) is 15.0. The van der Waals surface area contributed by atoms with Crippen molar-refractivity contribution in [3.05, 3.63) is 169 Å². The fourth-order valence-corrected chi connectivity index (χ4v) is 5.64. The number of nitrogens with zero attached hydrogens (tertiary/aromatic N) is 2. The lowest BCUT2D eigenvalue weighted by Gasteiger charge is -2.25. The van der Waals surface area contributed by atoms with Crippen LogP contribution < -0.4 is 4.90 Å². The normalized spacial score (nSPS) is 12.4. The molecule has 2 heteroatoms. The Morgan fingerprint density at radius 2 is 1.47 bits per heavy atom. The molecular weight excluding hydrogens is 520 g/mol. The SMILES string of the molecule is C=Cc1ccc(-c2ccc3c(c2)c(C)c(/C=C\C(=C)N(c2ccccc2)c2ccccc2)n3C(/C=C\C=C/C)CC)cc1. The molecule has 5 aromatic rings. The molecule has 0 spiro atoms. The summed E-state index contributed by atoms with van der Waals surface area (Å²) in [6.07, 6.45) is 15.9. The van der Waals surface area contributed by atoms with Gasteiger partial charge in [0.2, 0.25) is 0 Å². The van der Waals surface area contributed by atoms with Crippen LogP contribution in [0.3, 0.4) is 0 Å². The molecule has 4 aromatic carbocycles. The van der Waals surface area contributed by atoms with Crippen molar-refractivity contribution >= 4 is 34.4 Å². The zero-order valence-corrected chi connectivity index (χ0v) is 25.4. The third kappa shape index (κ3) is 6.39. The molecule has 0 saturated carbocycles. The lowest BCUT2D eigenvalue weighted by atomic mass is 10.0. The molecule has 1 unspecified atom stereocenters. The maximum atomic E-state index is 4.53. The highest BCUT2D eigenvalue weighted by Crippen LogP contribution is 2.36. The molecule has 5 rings (SSSR count). The first-order chi connectivity index (χ1) is 21.0. The largest absolute Gasteiger partial charge is 0.334 e. The second-order valence-electron chi connectivity index (χ2n) is 10.7. The topological polar surface area (TPSA) is 8.17 Å². The molecular formula is C41H40N2. The fourth-order valence-electron chi connectivity index (χ4n) is 5.64. The first-order valence-corrected chi connectivity index (χ1v) is 15.0. The van der Waals surface area contributed by atoms with Gasteiger partial charge in [0.15, 0.2) is 0 Å². The van der Waals surface area contributed by atoms with Gasteiger partial charge < -0.3 is 9.47 Å². The van der Waals surface area contributed by atoms with Crippen LogP contribution in [0.4, 0.5) is 11.4 Å². The Morgan fingerprint density at radius 1 is 0.837 bits per heavy atom. The summed E-state index contributed by atoms with van der Waals surface area (Å²) in [7, 11) is 0. The predicted octanol–water partition coefficient (Wildman–Crippen LogP) is 11.7. The molecule has 214 valence electrons. The van der Waals surface area contributed by atoms with Crippen molar-refractivity contribution in [2.75, 3.05) is 4.90 Å². The number of allylic oxidation sites excluding steroid dienone is 5. The fraction of sp³-hybridized carbons (Fsp3) is 0.122. The monoisotopic (exact) mass is 560 g/mol. The number of aryl methyl sites for hydroxylation is 1. The van der Waals surface area contributed by atoms with Gasteiger partial charge in [-0.1, -0.05) is 117 Å². The summed E-state index contributed by atoms with van der Waals surface area (Å²) >= 11 is 0. The van der Waals surface area contributed by atoms with Crippen molar-refractivity contribution in [3.8, 4) is 11.1 Å². The summed E-state index contributed by atoms with van der Waals surface area (Å²) in [6, 6.07) is 36.5. The van der Waals surface area contributed by atoms with Gasteiger partial charge in [-0.3, -0.25) is 0 Å². The summed E-state index contributed by atoms with van der Waals surface area (Å²) in [4.78, 5) is 2.20. The van der Waals surface area contributed by atoms with Crippen molar-refractivity contribution in [2.45, 2.75) is 33.2 Å². The molecule has 0 amide bonds. The molecule has 1 aromatic heterocycles. The molecule has 0 saturated heterocycles. The molecule has 1 heterocycles. The Bertz CT molecular complexity index is 1740. The predicted molar refractivity (Wildman–Crippen MR) is 189 cm³/mol. The second kappa shape index (κ2) is 13.7. The second-order valence-corrected chi connectivity index (χ2v) is 10.7. The molecule has 2 nitrogen and oxygen atoms in total. The first-order valence-electron chi connectivity index (χ1n) is 15.0. The number of rotatable bonds is 11. The van der Waals surface area contributed by atoms with E-state index in [2.05, 4.69) is 171 Å². The Kier molecular flexibility index (Phi) is 9.39. The first kappa shape index (κ1) is 29.4. The average Bonchev–Trinajstić information content (AvgIpc) is 3.33. The van der Waals surface area contributed by atoms with Crippen molar-refractivity contribution in [1.29, 1.82) is 0 Å². The third-order valence-electron chi connectivity index (χ3n) is 7.92. The summed E-state index contributed by atoms with van der Waals surface area (Å²) in [5.41, 5.74) is 10.3. The van der Waals surface area contributed by atoms with Gasteiger partial charge in [0, 0.05) is 33.7 Å². The van der Waals surface area contributed by atoms with E-state index in [1.807, 2.05) is 18.2 Å². The van der Waals surface area contributed by atoms with E-state index >= 15 is 0 Å². The Hall–Kier alpha value is -5.08. The van der Waals surface area contributed by atoms with Crippen molar-refractivity contribution in [2.24, 2.45) is 0 Å². The molecule has 0 aliphatic heterocycles. The highest BCUT2D eigenvalue weighted by atomic mass is 15.1. The summed E-state index contributed by atoms with van der Waals surface area (Å²) < 4.78 is 2.48. The third-order valence-corrected chi connectivity index (χ3v) is 7.92. The molecule has 43 heavy (non-hydrogen) atoms. The van der Waals surface area contributed by atoms with Crippen LogP contribution in [0.1, 0.15) is 43.1 Å². The highest BCUT2D eigenvalue weighted by molar-refractivity contribution is 5.92. The van der Waals surface area contributed by atoms with Gasteiger partial charge in [-0.15, -0.1) is 0 Å². The van der Waals surface area contributed by atoms with E-state index in [4.69, 9.17) is 0 Å². The standard InChI is InChI=1S/C41H40N2/c1-6-9-12-17-36(8-3)43-40(28-22-31(4)42(37-18-13-10-14-19-37)38-20-15-11-16-21-38)32(5)39-30-35(27-29-41(39)43)34-25-23-33(7-2)24-26-34/h6-7,9-30,36H,2,4,8H2,1,3,5H3/b9-6-,17-12-,28-22-. The van der Waals surface area contributed by atoms with Crippen LogP contribution in [-0.2, 0) is 0 Å². The van der Waals surface area contributed by atoms with Crippen LogP contribution in [0.5, 0.6) is 0 Å². The van der Waals surface area contributed by atoms with E-state index in [9.17, 15) is 0 Å². The van der Waals surface area contributed by atoms with Gasteiger partial charge in [-0.25, -0.2) is 0 Å². The van der Waals surface area contributed by atoms with Crippen molar-refractivity contribution in [3.63, 3.8) is 0 Å². The van der Waals surface area contributed by atoms with Crippen molar-refractivity contribution < 1.29 is 0 Å². The number of hydrogen-bond donors (Lipinski definition) is 0. The van der Waals surface area contributed by atoms with Crippen LogP contribution in [0.15, 0.2) is 152 Å². The quantitative estimate of drug-likeness (QED) is 0.146. The number of para-hydroxylation sites is 2. The van der Waals surface area contributed by atoms with Gasteiger partial charge in [0.25, 0.3) is 0 Å². The highest BCUT2D eigenvalue weighted by Gasteiger charge is 2.19. The molecule has 0 fully saturated rings. The van der Waals surface area contributed by atoms with E-state index in [0.29, 0.717) is 0 Å². The summed E-state index contributed by atoms with van der Waals surface area (Å²) in [5, 5.41) is 1.26. The number of fused-ring (bicyclic) bond motifs is 1. The smallest absolute Gasteiger partial charge is 0.0523 e. The lowest BCUT2D eigenvalue weighted by molar-refractivity contribution is 0.600. The number of anilines is 2.